The number of carbonyl (C=O) groups is 1. The van der Waals surface area contributed by atoms with Gasteiger partial charge in [0.15, 0.2) is 0 Å². The normalized spacial score (nSPS) is 19.5. The third-order valence-corrected chi connectivity index (χ3v) is 6.84. The van der Waals surface area contributed by atoms with Crippen LogP contribution in [0.25, 0.3) is 11.4 Å². The Morgan fingerprint density at radius 2 is 1.87 bits per heavy atom. The highest BCUT2D eigenvalue weighted by atomic mass is 79.9. The topological polar surface area (TPSA) is 62.5 Å². The minimum absolute atomic E-state index is 0.0749. The second kappa shape index (κ2) is 8.55. The minimum Gasteiger partial charge on any atom is -0.338 e. The molecule has 1 amide bonds. The number of halogens is 1. The molecule has 160 valence electrons. The van der Waals surface area contributed by atoms with Gasteiger partial charge in [-0.3, -0.25) is 9.69 Å². The van der Waals surface area contributed by atoms with Gasteiger partial charge in [-0.05, 0) is 75.2 Å². The average molecular weight is 481 g/mol. The van der Waals surface area contributed by atoms with Crippen molar-refractivity contribution in [1.29, 1.82) is 0 Å². The number of fused-ring (bicyclic) bond motifs is 1. The second-order valence-corrected chi connectivity index (χ2v) is 9.37. The zero-order chi connectivity index (χ0) is 21.4. The van der Waals surface area contributed by atoms with Crippen LogP contribution in [0.5, 0.6) is 0 Å². The van der Waals surface area contributed by atoms with Crippen LogP contribution < -0.4 is 4.90 Å². The van der Waals surface area contributed by atoms with E-state index in [4.69, 9.17) is 4.52 Å². The highest BCUT2D eigenvalue weighted by Gasteiger charge is 2.36. The molecule has 1 unspecified atom stereocenters. The number of hydrogen-bond acceptors (Lipinski definition) is 5. The van der Waals surface area contributed by atoms with E-state index in [1.165, 1.54) is 5.56 Å². The van der Waals surface area contributed by atoms with Crippen LogP contribution in [0, 0.1) is 5.92 Å². The van der Waals surface area contributed by atoms with Gasteiger partial charge >= 0.3 is 0 Å². The number of carbonyl (C=O) groups excluding carboxylic acids is 1. The van der Waals surface area contributed by atoms with Gasteiger partial charge in [0, 0.05) is 27.7 Å². The van der Waals surface area contributed by atoms with Crippen molar-refractivity contribution >= 4 is 27.5 Å². The Morgan fingerprint density at radius 3 is 2.65 bits per heavy atom. The fourth-order valence-corrected chi connectivity index (χ4v) is 4.93. The third kappa shape index (κ3) is 4.16. The molecule has 1 atom stereocenters. The molecule has 7 heteroatoms. The van der Waals surface area contributed by atoms with Crippen LogP contribution in [-0.2, 0) is 17.8 Å². The SMILES string of the molecule is CC1Cc2ccccc2N1C(=O)C1CCN(Cc2nc(-c3ccc(Br)cc3)no2)CC1. The summed E-state index contributed by atoms with van der Waals surface area (Å²) in [5, 5.41) is 4.12. The van der Waals surface area contributed by atoms with E-state index in [0.717, 1.165) is 48.1 Å². The van der Waals surface area contributed by atoms with E-state index in [2.05, 4.69) is 56.1 Å². The van der Waals surface area contributed by atoms with E-state index in [9.17, 15) is 4.79 Å². The van der Waals surface area contributed by atoms with Crippen molar-refractivity contribution in [3.63, 3.8) is 0 Å². The van der Waals surface area contributed by atoms with Gasteiger partial charge in [0.2, 0.25) is 17.6 Å². The summed E-state index contributed by atoms with van der Waals surface area (Å²) in [6.45, 7) is 4.48. The molecule has 2 aromatic carbocycles. The summed E-state index contributed by atoms with van der Waals surface area (Å²) in [5.41, 5.74) is 3.30. The number of hydrogen-bond donors (Lipinski definition) is 0. The van der Waals surface area contributed by atoms with Gasteiger partial charge in [0.1, 0.15) is 0 Å². The fraction of sp³-hybridized carbons (Fsp3) is 0.375. The number of piperidine rings is 1. The first-order valence-corrected chi connectivity index (χ1v) is 11.6. The Morgan fingerprint density at radius 1 is 1.13 bits per heavy atom. The molecule has 0 bridgehead atoms. The van der Waals surface area contributed by atoms with Crippen molar-refractivity contribution in [2.75, 3.05) is 18.0 Å². The molecule has 5 rings (SSSR count). The van der Waals surface area contributed by atoms with Crippen molar-refractivity contribution in [3.8, 4) is 11.4 Å². The first-order chi connectivity index (χ1) is 15.1. The summed E-state index contributed by atoms with van der Waals surface area (Å²) in [5.74, 6) is 1.57. The predicted octanol–water partition coefficient (Wildman–Crippen LogP) is 4.69. The van der Waals surface area contributed by atoms with Crippen LogP contribution >= 0.6 is 15.9 Å². The molecule has 3 heterocycles. The molecule has 0 radical (unpaired) electrons. The van der Waals surface area contributed by atoms with E-state index in [1.54, 1.807) is 0 Å². The molecule has 2 aliphatic rings. The first kappa shape index (κ1) is 20.4. The Kier molecular flexibility index (Phi) is 5.63. The average Bonchev–Trinajstić information content (AvgIpc) is 3.38. The number of para-hydroxylation sites is 1. The smallest absolute Gasteiger partial charge is 0.241 e. The molecule has 1 aromatic heterocycles. The number of likely N-dealkylation sites (tertiary alicyclic amines) is 1. The van der Waals surface area contributed by atoms with Crippen LogP contribution in [-0.4, -0.2) is 40.1 Å². The maximum absolute atomic E-state index is 13.3. The lowest BCUT2D eigenvalue weighted by atomic mass is 9.95. The second-order valence-electron chi connectivity index (χ2n) is 8.46. The summed E-state index contributed by atoms with van der Waals surface area (Å²) in [6.07, 6.45) is 2.66. The van der Waals surface area contributed by atoms with Crippen molar-refractivity contribution in [3.05, 3.63) is 64.5 Å². The Labute approximate surface area is 190 Å². The number of rotatable bonds is 4. The van der Waals surface area contributed by atoms with Gasteiger partial charge in [0.25, 0.3) is 0 Å². The van der Waals surface area contributed by atoms with Crippen LogP contribution in [0.15, 0.2) is 57.5 Å². The predicted molar refractivity (Wildman–Crippen MR) is 123 cm³/mol. The molecule has 1 fully saturated rings. The summed E-state index contributed by atoms with van der Waals surface area (Å²) >= 11 is 3.44. The molecular weight excluding hydrogens is 456 g/mol. The van der Waals surface area contributed by atoms with Crippen LogP contribution in [0.3, 0.4) is 0 Å². The summed E-state index contributed by atoms with van der Waals surface area (Å²) in [7, 11) is 0. The van der Waals surface area contributed by atoms with Crippen LogP contribution in [0.2, 0.25) is 0 Å². The standard InChI is InChI=1S/C24H25BrN4O2/c1-16-14-19-4-2-3-5-21(19)29(16)24(30)18-10-12-28(13-11-18)15-22-26-23(27-31-22)17-6-8-20(25)9-7-17/h2-9,16,18H,10-15H2,1H3. The molecule has 6 nitrogen and oxygen atoms in total. The van der Waals surface area contributed by atoms with Gasteiger partial charge in [-0.2, -0.15) is 4.98 Å². The molecule has 0 N–H and O–H groups in total. The highest BCUT2D eigenvalue weighted by molar-refractivity contribution is 9.10. The van der Waals surface area contributed by atoms with E-state index < -0.39 is 0 Å². The molecular formula is C24H25BrN4O2. The van der Waals surface area contributed by atoms with Gasteiger partial charge < -0.3 is 9.42 Å². The Balaban J connectivity index is 1.19. The van der Waals surface area contributed by atoms with Crippen LogP contribution in [0.4, 0.5) is 5.69 Å². The summed E-state index contributed by atoms with van der Waals surface area (Å²) in [6, 6.07) is 16.4. The molecule has 0 saturated carbocycles. The van der Waals surface area contributed by atoms with E-state index in [0.29, 0.717) is 18.3 Å². The molecule has 1 saturated heterocycles. The maximum atomic E-state index is 13.3. The molecule has 0 spiro atoms. The number of anilines is 1. The van der Waals surface area contributed by atoms with Crippen molar-refractivity contribution < 1.29 is 9.32 Å². The first-order valence-electron chi connectivity index (χ1n) is 10.8. The Hall–Kier alpha value is -2.51. The van der Waals surface area contributed by atoms with Crippen molar-refractivity contribution in [2.24, 2.45) is 5.92 Å². The zero-order valence-electron chi connectivity index (χ0n) is 17.5. The molecule has 0 aliphatic carbocycles. The fourth-order valence-electron chi connectivity index (χ4n) is 4.66. The monoisotopic (exact) mass is 480 g/mol. The maximum Gasteiger partial charge on any atom is 0.241 e. The molecule has 31 heavy (non-hydrogen) atoms. The number of nitrogens with zero attached hydrogens (tertiary/aromatic N) is 4. The lowest BCUT2D eigenvalue weighted by molar-refractivity contribution is -0.124. The van der Waals surface area contributed by atoms with E-state index in [-0.39, 0.29) is 17.9 Å². The summed E-state index contributed by atoms with van der Waals surface area (Å²) in [4.78, 5) is 22.2. The van der Waals surface area contributed by atoms with Gasteiger partial charge in [-0.15, -0.1) is 0 Å². The Bertz CT molecular complexity index is 1070. The summed E-state index contributed by atoms with van der Waals surface area (Å²) < 4.78 is 6.49. The van der Waals surface area contributed by atoms with Crippen molar-refractivity contribution in [1.82, 2.24) is 15.0 Å². The number of aromatic nitrogens is 2. The largest absolute Gasteiger partial charge is 0.338 e. The van der Waals surface area contributed by atoms with E-state index >= 15 is 0 Å². The van der Waals surface area contributed by atoms with Crippen molar-refractivity contribution in [2.45, 2.75) is 38.8 Å². The van der Waals surface area contributed by atoms with Gasteiger partial charge in [0.05, 0.1) is 6.54 Å². The lowest BCUT2D eigenvalue weighted by Crippen LogP contribution is -2.44. The minimum atomic E-state index is 0.0749. The van der Waals surface area contributed by atoms with Crippen LogP contribution in [0.1, 0.15) is 31.2 Å². The number of amides is 1. The van der Waals surface area contributed by atoms with E-state index in [1.807, 2.05) is 35.2 Å². The zero-order valence-corrected chi connectivity index (χ0v) is 19.1. The number of benzene rings is 2. The lowest BCUT2D eigenvalue weighted by Gasteiger charge is -2.34. The molecule has 3 aromatic rings. The van der Waals surface area contributed by atoms with Gasteiger partial charge in [-0.25, -0.2) is 0 Å². The quantitative estimate of drug-likeness (QED) is 0.541. The van der Waals surface area contributed by atoms with Gasteiger partial charge in [-0.1, -0.05) is 39.3 Å². The molecule has 2 aliphatic heterocycles. The third-order valence-electron chi connectivity index (χ3n) is 6.31. The highest BCUT2D eigenvalue weighted by Crippen LogP contribution is 2.34.